The summed E-state index contributed by atoms with van der Waals surface area (Å²) in [5.74, 6) is -0.0698. The summed E-state index contributed by atoms with van der Waals surface area (Å²) in [6, 6.07) is 11.7. The summed E-state index contributed by atoms with van der Waals surface area (Å²) in [7, 11) is 0. The lowest BCUT2D eigenvalue weighted by Crippen LogP contribution is -2.27. The Bertz CT molecular complexity index is 1230. The average molecular weight is 472 g/mol. The van der Waals surface area contributed by atoms with Gasteiger partial charge in [0.05, 0.1) is 16.7 Å². The maximum absolute atomic E-state index is 13.0. The minimum Gasteiger partial charge on any atom is -0.326 e. The molecule has 0 spiro atoms. The van der Waals surface area contributed by atoms with Crippen LogP contribution in [0.4, 0.5) is 5.69 Å². The molecule has 8 heteroatoms. The van der Waals surface area contributed by atoms with E-state index in [0.29, 0.717) is 32.3 Å². The van der Waals surface area contributed by atoms with Gasteiger partial charge in [-0.15, -0.1) is 0 Å². The van der Waals surface area contributed by atoms with Crippen LogP contribution < -0.4 is 10.9 Å². The molecule has 1 aromatic heterocycles. The molecular weight excluding hydrogens is 446 g/mol. The number of halogens is 1. The van der Waals surface area contributed by atoms with Crippen molar-refractivity contribution in [2.75, 3.05) is 11.1 Å². The van der Waals surface area contributed by atoms with Gasteiger partial charge in [-0.05, 0) is 56.3 Å². The Morgan fingerprint density at radius 2 is 1.78 bits per heavy atom. The largest absolute Gasteiger partial charge is 0.326 e. The van der Waals surface area contributed by atoms with E-state index in [0.717, 1.165) is 0 Å². The average Bonchev–Trinajstić information content (AvgIpc) is 2.71. The van der Waals surface area contributed by atoms with Crippen molar-refractivity contribution in [1.82, 2.24) is 9.55 Å². The number of rotatable bonds is 6. The number of fused-ring (bicyclic) bond motifs is 1. The molecule has 0 bridgehead atoms. The van der Waals surface area contributed by atoms with E-state index >= 15 is 0 Å². The molecule has 0 fully saturated rings. The molecule has 1 heterocycles. The van der Waals surface area contributed by atoms with Crippen LogP contribution in [0, 0.1) is 5.41 Å². The second-order valence-electron chi connectivity index (χ2n) is 8.82. The fourth-order valence-electron chi connectivity index (χ4n) is 2.98. The Labute approximate surface area is 196 Å². The number of nitrogens with zero attached hydrogens (tertiary/aromatic N) is 2. The standard InChI is InChI=1S/C24H26ClN3O3S/c1-14(2)28-21(30)18-11-8-16(25)12-19(18)27-23(28)32-13-20(29)15-6-9-17(10-7-15)26-22(31)24(3,4)5/h6-12,14H,13H2,1-5H3,(H,26,31). The molecule has 0 radical (unpaired) electrons. The first-order valence-corrected chi connectivity index (χ1v) is 11.6. The lowest BCUT2D eigenvalue weighted by Gasteiger charge is -2.17. The second-order valence-corrected chi connectivity index (χ2v) is 10.2. The van der Waals surface area contributed by atoms with Crippen molar-refractivity contribution in [2.24, 2.45) is 5.41 Å². The molecule has 0 unspecified atom stereocenters. The highest BCUT2D eigenvalue weighted by atomic mass is 35.5. The van der Waals surface area contributed by atoms with Crippen LogP contribution in [0.15, 0.2) is 52.4 Å². The first-order chi connectivity index (χ1) is 15.0. The number of Topliss-reactive ketones (excluding diaryl/α,β-unsaturated/α-hetero) is 1. The van der Waals surface area contributed by atoms with Gasteiger partial charge in [0, 0.05) is 27.7 Å². The topological polar surface area (TPSA) is 81.1 Å². The molecule has 168 valence electrons. The van der Waals surface area contributed by atoms with Crippen molar-refractivity contribution >= 4 is 51.6 Å². The van der Waals surface area contributed by atoms with Gasteiger partial charge in [-0.2, -0.15) is 0 Å². The van der Waals surface area contributed by atoms with Crippen LogP contribution in [0.1, 0.15) is 51.0 Å². The summed E-state index contributed by atoms with van der Waals surface area (Å²) in [6.07, 6.45) is 0. The van der Waals surface area contributed by atoms with Gasteiger partial charge in [0.15, 0.2) is 10.9 Å². The first-order valence-electron chi connectivity index (χ1n) is 10.3. The van der Waals surface area contributed by atoms with Crippen molar-refractivity contribution in [1.29, 1.82) is 0 Å². The highest BCUT2D eigenvalue weighted by Gasteiger charge is 2.21. The third kappa shape index (κ3) is 5.40. The van der Waals surface area contributed by atoms with Crippen LogP contribution in [0.3, 0.4) is 0 Å². The summed E-state index contributed by atoms with van der Waals surface area (Å²) in [6.45, 7) is 9.32. The molecule has 0 aliphatic rings. The van der Waals surface area contributed by atoms with Crippen LogP contribution in [0.2, 0.25) is 5.02 Å². The predicted octanol–water partition coefficient (Wildman–Crippen LogP) is 5.59. The maximum Gasteiger partial charge on any atom is 0.262 e. The zero-order chi connectivity index (χ0) is 23.6. The molecule has 0 aliphatic heterocycles. The van der Waals surface area contributed by atoms with Crippen molar-refractivity contribution in [3.63, 3.8) is 0 Å². The smallest absolute Gasteiger partial charge is 0.262 e. The summed E-state index contributed by atoms with van der Waals surface area (Å²) >= 11 is 7.29. The minimum absolute atomic E-state index is 0.0960. The number of benzene rings is 2. The number of ketones is 1. The van der Waals surface area contributed by atoms with Crippen molar-refractivity contribution < 1.29 is 9.59 Å². The second kappa shape index (κ2) is 9.46. The number of amides is 1. The van der Waals surface area contributed by atoms with E-state index in [9.17, 15) is 14.4 Å². The molecule has 3 aromatic rings. The van der Waals surface area contributed by atoms with E-state index < -0.39 is 5.41 Å². The van der Waals surface area contributed by atoms with E-state index in [1.165, 1.54) is 11.8 Å². The summed E-state index contributed by atoms with van der Waals surface area (Å²) in [5, 5.41) is 4.30. The van der Waals surface area contributed by atoms with Crippen LogP contribution in [-0.2, 0) is 4.79 Å². The number of thioether (sulfide) groups is 1. The van der Waals surface area contributed by atoms with Crippen molar-refractivity contribution in [3.8, 4) is 0 Å². The Kier molecular flexibility index (Phi) is 7.10. The Morgan fingerprint density at radius 1 is 1.12 bits per heavy atom. The van der Waals surface area contributed by atoms with Crippen LogP contribution in [-0.4, -0.2) is 27.0 Å². The molecule has 2 aromatic carbocycles. The number of hydrogen-bond acceptors (Lipinski definition) is 5. The molecule has 0 atom stereocenters. The number of carbonyl (C=O) groups is 2. The number of anilines is 1. The van der Waals surface area contributed by atoms with Gasteiger partial charge in [-0.25, -0.2) is 4.98 Å². The Hall–Kier alpha value is -2.64. The molecular formula is C24H26ClN3O3S. The van der Waals surface area contributed by atoms with Gasteiger partial charge < -0.3 is 5.32 Å². The third-order valence-corrected chi connectivity index (χ3v) is 6.01. The lowest BCUT2D eigenvalue weighted by molar-refractivity contribution is -0.123. The zero-order valence-electron chi connectivity index (χ0n) is 18.7. The number of hydrogen-bond donors (Lipinski definition) is 1. The molecule has 3 rings (SSSR count). The molecule has 0 aliphatic carbocycles. The van der Waals surface area contributed by atoms with E-state index in [4.69, 9.17) is 11.6 Å². The Morgan fingerprint density at radius 3 is 2.38 bits per heavy atom. The fourth-order valence-corrected chi connectivity index (χ4v) is 4.17. The van der Waals surface area contributed by atoms with Gasteiger partial charge in [0.25, 0.3) is 5.56 Å². The SMILES string of the molecule is CC(C)n1c(SCC(=O)c2ccc(NC(=O)C(C)(C)C)cc2)nc2cc(Cl)ccc2c1=O. The van der Waals surface area contributed by atoms with Crippen LogP contribution in [0.5, 0.6) is 0 Å². The van der Waals surface area contributed by atoms with Crippen molar-refractivity contribution in [2.45, 2.75) is 45.8 Å². The highest BCUT2D eigenvalue weighted by molar-refractivity contribution is 7.99. The summed E-state index contributed by atoms with van der Waals surface area (Å²) < 4.78 is 1.60. The first kappa shape index (κ1) is 24.0. The molecule has 6 nitrogen and oxygen atoms in total. The van der Waals surface area contributed by atoms with Gasteiger partial charge in [0.2, 0.25) is 5.91 Å². The van der Waals surface area contributed by atoms with Crippen molar-refractivity contribution in [3.05, 3.63) is 63.4 Å². The number of aromatic nitrogens is 2. The van der Waals surface area contributed by atoms with Crippen LogP contribution in [0.25, 0.3) is 10.9 Å². The van der Waals surface area contributed by atoms with Gasteiger partial charge in [-0.3, -0.25) is 19.0 Å². The zero-order valence-corrected chi connectivity index (χ0v) is 20.3. The van der Waals surface area contributed by atoms with E-state index in [2.05, 4.69) is 10.3 Å². The minimum atomic E-state index is -0.506. The number of carbonyl (C=O) groups excluding carboxylic acids is 2. The number of nitrogens with one attached hydrogen (secondary N) is 1. The van der Waals surface area contributed by atoms with E-state index in [1.54, 1.807) is 47.0 Å². The molecule has 0 saturated carbocycles. The molecule has 32 heavy (non-hydrogen) atoms. The predicted molar refractivity (Wildman–Crippen MR) is 131 cm³/mol. The van der Waals surface area contributed by atoms with Gasteiger partial charge >= 0.3 is 0 Å². The summed E-state index contributed by atoms with van der Waals surface area (Å²) in [5.41, 5.74) is 1.00. The quantitative estimate of drug-likeness (QED) is 0.288. The normalized spacial score (nSPS) is 11.7. The third-order valence-electron chi connectivity index (χ3n) is 4.83. The maximum atomic E-state index is 13.0. The van der Waals surface area contributed by atoms with E-state index in [-0.39, 0.29) is 29.0 Å². The molecule has 1 amide bonds. The van der Waals surface area contributed by atoms with Crippen LogP contribution >= 0.6 is 23.4 Å². The fraction of sp³-hybridized carbons (Fsp3) is 0.333. The molecule has 0 saturated heterocycles. The van der Waals surface area contributed by atoms with E-state index in [1.807, 2.05) is 34.6 Å². The Balaban J connectivity index is 1.79. The lowest BCUT2D eigenvalue weighted by atomic mass is 9.95. The van der Waals surface area contributed by atoms with Gasteiger partial charge in [0.1, 0.15) is 0 Å². The summed E-state index contributed by atoms with van der Waals surface area (Å²) in [4.78, 5) is 42.4. The highest BCUT2D eigenvalue weighted by Crippen LogP contribution is 2.24. The molecule has 1 N–H and O–H groups in total. The van der Waals surface area contributed by atoms with Gasteiger partial charge in [-0.1, -0.05) is 44.1 Å². The monoisotopic (exact) mass is 471 g/mol.